The van der Waals surface area contributed by atoms with Gasteiger partial charge in [-0.2, -0.15) is 0 Å². The topological polar surface area (TPSA) is 49.8 Å². The minimum Gasteiger partial charge on any atom is -0.366 e. The predicted molar refractivity (Wildman–Crippen MR) is 72.2 cm³/mol. The minimum atomic E-state index is -0.892. The van der Waals surface area contributed by atoms with Crippen molar-refractivity contribution in [1.82, 2.24) is 4.90 Å². The summed E-state index contributed by atoms with van der Waals surface area (Å²) in [6.07, 6.45) is 0.212. The van der Waals surface area contributed by atoms with Gasteiger partial charge in [-0.05, 0) is 17.9 Å². The third kappa shape index (κ3) is 3.55. The van der Waals surface area contributed by atoms with Crippen molar-refractivity contribution in [3.63, 3.8) is 0 Å². The van der Waals surface area contributed by atoms with E-state index in [1.54, 1.807) is 4.90 Å². The summed E-state index contributed by atoms with van der Waals surface area (Å²) in [4.78, 5) is 13.8. The van der Waals surface area contributed by atoms with Crippen LogP contribution in [0.25, 0.3) is 0 Å². The normalized spacial score (nSPS) is 23.1. The van der Waals surface area contributed by atoms with Crippen molar-refractivity contribution in [2.45, 2.75) is 39.0 Å². The Bertz CT molecular complexity index is 419. The van der Waals surface area contributed by atoms with Crippen LogP contribution in [0.5, 0.6) is 0 Å². The van der Waals surface area contributed by atoms with E-state index in [-0.39, 0.29) is 18.7 Å². The van der Waals surface area contributed by atoms with E-state index in [1.165, 1.54) is 0 Å². The van der Waals surface area contributed by atoms with Gasteiger partial charge in [0.25, 0.3) is 0 Å². The van der Waals surface area contributed by atoms with Crippen molar-refractivity contribution in [2.75, 3.05) is 6.73 Å². The molecular formula is C15H21NO3. The molecule has 0 bridgehead atoms. The van der Waals surface area contributed by atoms with Crippen LogP contribution < -0.4 is 0 Å². The molecule has 1 aliphatic rings. The number of aliphatic hydroxyl groups is 1. The van der Waals surface area contributed by atoms with Crippen LogP contribution in [0.1, 0.15) is 25.8 Å². The maximum Gasteiger partial charge on any atom is 0.225 e. The molecule has 1 saturated heterocycles. The Morgan fingerprint density at radius 1 is 1.42 bits per heavy atom. The summed E-state index contributed by atoms with van der Waals surface area (Å²) in [5.41, 5.74) is 1.10. The molecule has 1 aromatic rings. The maximum absolute atomic E-state index is 12.1. The molecule has 1 aliphatic heterocycles. The zero-order valence-electron chi connectivity index (χ0n) is 11.5. The molecule has 0 aromatic heterocycles. The van der Waals surface area contributed by atoms with Gasteiger partial charge in [0.1, 0.15) is 6.73 Å². The number of hydrogen-bond donors (Lipinski definition) is 1. The average Bonchev–Trinajstić information content (AvgIpc) is 2.72. The number of rotatable bonds is 4. The molecule has 19 heavy (non-hydrogen) atoms. The maximum atomic E-state index is 12.1. The number of benzene rings is 1. The highest BCUT2D eigenvalue weighted by atomic mass is 16.6. The highest BCUT2D eigenvalue weighted by Gasteiger charge is 2.36. The number of carbonyl (C=O) groups excluding carboxylic acids is 1. The Balaban J connectivity index is 2.05. The summed E-state index contributed by atoms with van der Waals surface area (Å²) < 4.78 is 5.21. The molecule has 4 heteroatoms. The lowest BCUT2D eigenvalue weighted by molar-refractivity contribution is -0.134. The highest BCUT2D eigenvalue weighted by Crippen LogP contribution is 2.21. The summed E-state index contributed by atoms with van der Waals surface area (Å²) in [6.45, 7) is 4.21. The lowest BCUT2D eigenvalue weighted by Crippen LogP contribution is -2.41. The largest absolute Gasteiger partial charge is 0.366 e. The van der Waals surface area contributed by atoms with Gasteiger partial charge in [-0.1, -0.05) is 44.2 Å². The van der Waals surface area contributed by atoms with E-state index in [0.29, 0.717) is 18.8 Å². The zero-order chi connectivity index (χ0) is 13.8. The molecule has 1 N–H and O–H groups in total. The summed E-state index contributed by atoms with van der Waals surface area (Å²) in [6, 6.07) is 9.57. The molecule has 1 amide bonds. The Kier molecular flexibility index (Phi) is 4.56. The van der Waals surface area contributed by atoms with Crippen LogP contribution in [0.3, 0.4) is 0 Å². The van der Waals surface area contributed by atoms with Crippen molar-refractivity contribution in [1.29, 1.82) is 0 Å². The fourth-order valence-electron chi connectivity index (χ4n) is 2.31. The van der Waals surface area contributed by atoms with Crippen LogP contribution in [-0.4, -0.2) is 35.0 Å². The molecule has 2 rings (SSSR count). The van der Waals surface area contributed by atoms with Crippen LogP contribution in [-0.2, 0) is 16.0 Å². The minimum absolute atomic E-state index is 0.0486. The molecule has 1 fully saturated rings. The molecular weight excluding hydrogens is 242 g/mol. The number of carbonyl (C=O) groups is 1. The Morgan fingerprint density at radius 2 is 2.11 bits per heavy atom. The molecule has 0 saturated carbocycles. The van der Waals surface area contributed by atoms with Crippen LogP contribution >= 0.6 is 0 Å². The van der Waals surface area contributed by atoms with E-state index in [4.69, 9.17) is 4.74 Å². The summed E-state index contributed by atoms with van der Waals surface area (Å²) in [5, 5.41) is 9.89. The smallest absolute Gasteiger partial charge is 0.225 e. The predicted octanol–water partition coefficient (Wildman–Crippen LogP) is 1.78. The second-order valence-corrected chi connectivity index (χ2v) is 5.40. The molecule has 104 valence electrons. The van der Waals surface area contributed by atoms with Crippen molar-refractivity contribution >= 4 is 5.91 Å². The Labute approximate surface area is 114 Å². The van der Waals surface area contributed by atoms with E-state index < -0.39 is 6.29 Å². The quantitative estimate of drug-likeness (QED) is 0.901. The molecule has 4 nitrogen and oxygen atoms in total. The molecule has 0 spiro atoms. The summed E-state index contributed by atoms with van der Waals surface area (Å²) >= 11 is 0. The van der Waals surface area contributed by atoms with E-state index in [9.17, 15) is 9.90 Å². The summed E-state index contributed by atoms with van der Waals surface area (Å²) in [7, 11) is 0. The second kappa shape index (κ2) is 6.17. The lowest BCUT2D eigenvalue weighted by atomic mass is 10.0. The van der Waals surface area contributed by atoms with Gasteiger partial charge < -0.3 is 14.7 Å². The van der Waals surface area contributed by atoms with Crippen molar-refractivity contribution in [2.24, 2.45) is 5.92 Å². The number of nitrogens with zero attached hydrogens (tertiary/aromatic N) is 1. The van der Waals surface area contributed by atoms with Crippen LogP contribution in [0.4, 0.5) is 0 Å². The van der Waals surface area contributed by atoms with Crippen LogP contribution in [0, 0.1) is 5.92 Å². The van der Waals surface area contributed by atoms with E-state index in [1.807, 2.05) is 44.2 Å². The van der Waals surface area contributed by atoms with Gasteiger partial charge in [0.2, 0.25) is 5.91 Å². The molecule has 0 aliphatic carbocycles. The first kappa shape index (κ1) is 14.0. The molecule has 1 heterocycles. The first-order valence-corrected chi connectivity index (χ1v) is 6.71. The fraction of sp³-hybridized carbons (Fsp3) is 0.533. The van der Waals surface area contributed by atoms with Crippen molar-refractivity contribution in [3.05, 3.63) is 35.9 Å². The number of ether oxygens (including phenoxy) is 1. The molecule has 1 aromatic carbocycles. The van der Waals surface area contributed by atoms with Gasteiger partial charge in [0, 0.05) is 6.42 Å². The summed E-state index contributed by atoms with van der Waals surface area (Å²) in [5.74, 6) is 0.357. The van der Waals surface area contributed by atoms with Crippen molar-refractivity contribution < 1.29 is 14.6 Å². The van der Waals surface area contributed by atoms with E-state index in [0.717, 1.165) is 5.56 Å². The monoisotopic (exact) mass is 263 g/mol. The van der Waals surface area contributed by atoms with E-state index >= 15 is 0 Å². The van der Waals surface area contributed by atoms with E-state index in [2.05, 4.69) is 0 Å². The van der Waals surface area contributed by atoms with Gasteiger partial charge in [0.05, 0.1) is 6.04 Å². The third-order valence-corrected chi connectivity index (χ3v) is 3.30. The highest BCUT2D eigenvalue weighted by molar-refractivity contribution is 5.76. The number of amides is 1. The molecule has 0 radical (unpaired) electrons. The van der Waals surface area contributed by atoms with Crippen molar-refractivity contribution in [3.8, 4) is 0 Å². The van der Waals surface area contributed by atoms with Gasteiger partial charge in [-0.15, -0.1) is 0 Å². The Morgan fingerprint density at radius 3 is 2.74 bits per heavy atom. The Hall–Kier alpha value is -1.39. The molecule has 2 atom stereocenters. The van der Waals surface area contributed by atoms with Gasteiger partial charge in [-0.3, -0.25) is 4.79 Å². The standard InChI is InChI=1S/C15H21NO3/c1-11(2)8-14(17)16-10-19-15(18)13(16)9-12-6-4-3-5-7-12/h3-7,11,13,15,18H,8-10H2,1-2H3/t13-,15+/m0/s1. The fourth-order valence-corrected chi connectivity index (χ4v) is 2.31. The first-order valence-electron chi connectivity index (χ1n) is 6.71. The van der Waals surface area contributed by atoms with Gasteiger partial charge in [-0.25, -0.2) is 0 Å². The SMILES string of the molecule is CC(C)CC(=O)N1CO[C@@H](O)[C@@H]1Cc1ccccc1. The van der Waals surface area contributed by atoms with Crippen LogP contribution in [0.2, 0.25) is 0 Å². The van der Waals surface area contributed by atoms with Gasteiger partial charge in [0.15, 0.2) is 6.29 Å². The molecule has 0 unspecified atom stereocenters. The average molecular weight is 263 g/mol. The number of hydrogen-bond acceptors (Lipinski definition) is 3. The third-order valence-electron chi connectivity index (χ3n) is 3.30. The first-order chi connectivity index (χ1) is 9.08. The lowest BCUT2D eigenvalue weighted by Gasteiger charge is -2.24. The van der Waals surface area contributed by atoms with Crippen LogP contribution in [0.15, 0.2) is 30.3 Å². The zero-order valence-corrected chi connectivity index (χ0v) is 11.5. The number of aliphatic hydroxyl groups excluding tert-OH is 1. The van der Waals surface area contributed by atoms with Gasteiger partial charge >= 0.3 is 0 Å². The second-order valence-electron chi connectivity index (χ2n) is 5.40.